The molecule has 0 spiro atoms. The van der Waals surface area contributed by atoms with Gasteiger partial charge in [-0.2, -0.15) is 43.9 Å². The number of carbonyl (C=O) groups excluding carboxylic acids is 1. The summed E-state index contributed by atoms with van der Waals surface area (Å²) in [6, 6.07) is 3.73. The zero-order chi connectivity index (χ0) is 22.8. The third-order valence-corrected chi connectivity index (χ3v) is 4.73. The summed E-state index contributed by atoms with van der Waals surface area (Å²) in [5.41, 5.74) is -7.32. The third-order valence-electron chi connectivity index (χ3n) is 4.73. The fraction of sp³-hybridized carbons (Fsp3) is 0.562. The fourth-order valence-corrected chi connectivity index (χ4v) is 2.91. The maximum Gasteiger partial charge on any atom is 0.384 e. The van der Waals surface area contributed by atoms with Gasteiger partial charge in [0, 0.05) is 5.69 Å². The molecule has 1 aromatic carbocycles. The Balaban J connectivity index is 2.73. The van der Waals surface area contributed by atoms with Gasteiger partial charge >= 0.3 is 35.3 Å². The van der Waals surface area contributed by atoms with Crippen LogP contribution in [0.15, 0.2) is 18.2 Å². The van der Waals surface area contributed by atoms with Crippen LogP contribution in [0.3, 0.4) is 0 Å². The van der Waals surface area contributed by atoms with Crippen LogP contribution in [0.4, 0.5) is 54.0 Å². The van der Waals surface area contributed by atoms with Gasteiger partial charge in [0.2, 0.25) is 0 Å². The molecule has 1 aliphatic rings. The van der Waals surface area contributed by atoms with Gasteiger partial charge in [0.05, 0.1) is 0 Å². The number of carbonyl (C=O) groups is 1. The first kappa shape index (κ1) is 23.2. The van der Waals surface area contributed by atoms with Gasteiger partial charge in [0.1, 0.15) is 0 Å². The average Bonchev–Trinajstić information content (AvgIpc) is 2.60. The Kier molecular flexibility index (Phi) is 4.97. The Morgan fingerprint density at radius 3 is 1.62 bits per heavy atom. The first-order chi connectivity index (χ1) is 12.9. The summed E-state index contributed by atoms with van der Waals surface area (Å²) in [6.45, 7) is 2.59. The monoisotopic (exact) mass is 443 g/mol. The highest BCUT2D eigenvalue weighted by atomic mass is 19.4. The minimum absolute atomic E-state index is 0.00620. The second-order valence-electron chi connectivity index (χ2n) is 6.45. The van der Waals surface area contributed by atoms with E-state index < -0.39 is 46.9 Å². The molecule has 0 heterocycles. The standard InChI is InChI=1S/C16H12F11NO/c1-3-8-6-4-5-7(2)9(8)28-10(29)11(17)12(18,19)14(22,23)16(26,27)15(24,25)13(11,20)21/h4-6H,3H2,1-2H3,(H,28,29). The van der Waals surface area contributed by atoms with E-state index in [-0.39, 0.29) is 17.5 Å². The Morgan fingerprint density at radius 2 is 1.21 bits per heavy atom. The van der Waals surface area contributed by atoms with Crippen LogP contribution in [0.5, 0.6) is 0 Å². The van der Waals surface area contributed by atoms with Crippen LogP contribution in [0.1, 0.15) is 18.1 Å². The van der Waals surface area contributed by atoms with Gasteiger partial charge in [-0.05, 0) is 24.5 Å². The Bertz CT molecular complexity index is 804. The van der Waals surface area contributed by atoms with Crippen molar-refractivity contribution in [2.45, 2.75) is 55.5 Å². The van der Waals surface area contributed by atoms with Gasteiger partial charge in [-0.15, -0.1) is 0 Å². The lowest BCUT2D eigenvalue weighted by Crippen LogP contribution is -2.86. The quantitative estimate of drug-likeness (QED) is 0.624. The third kappa shape index (κ3) is 2.44. The molecule has 0 aromatic heterocycles. The topological polar surface area (TPSA) is 29.1 Å². The summed E-state index contributed by atoms with van der Waals surface area (Å²) in [5, 5.41) is 1.17. The second kappa shape index (κ2) is 6.21. The van der Waals surface area contributed by atoms with E-state index in [0.29, 0.717) is 0 Å². The number of anilines is 1. The van der Waals surface area contributed by atoms with Crippen molar-refractivity contribution in [1.82, 2.24) is 0 Å². The minimum Gasteiger partial charge on any atom is -0.322 e. The molecule has 2 rings (SSSR count). The molecule has 2 nitrogen and oxygen atoms in total. The van der Waals surface area contributed by atoms with Crippen LogP contribution in [-0.2, 0) is 11.2 Å². The number of hydrogen-bond donors (Lipinski definition) is 1. The molecule has 0 radical (unpaired) electrons. The minimum atomic E-state index is -7.36. The summed E-state index contributed by atoms with van der Waals surface area (Å²) >= 11 is 0. The first-order valence-corrected chi connectivity index (χ1v) is 7.84. The average molecular weight is 443 g/mol. The molecular weight excluding hydrogens is 431 g/mol. The van der Waals surface area contributed by atoms with Gasteiger partial charge in [-0.25, -0.2) is 4.39 Å². The van der Waals surface area contributed by atoms with Crippen LogP contribution < -0.4 is 5.32 Å². The van der Waals surface area contributed by atoms with E-state index in [1.165, 1.54) is 37.4 Å². The zero-order valence-corrected chi connectivity index (χ0v) is 14.5. The van der Waals surface area contributed by atoms with Crippen molar-refractivity contribution in [1.29, 1.82) is 0 Å². The molecule has 1 saturated carbocycles. The number of rotatable bonds is 3. The van der Waals surface area contributed by atoms with Crippen molar-refractivity contribution in [2.24, 2.45) is 0 Å². The van der Waals surface area contributed by atoms with Crippen LogP contribution in [-0.4, -0.2) is 41.2 Å². The second-order valence-corrected chi connectivity index (χ2v) is 6.45. The zero-order valence-electron chi connectivity index (χ0n) is 14.5. The largest absolute Gasteiger partial charge is 0.384 e. The van der Waals surface area contributed by atoms with Gasteiger partial charge in [-0.1, -0.05) is 25.1 Å². The molecule has 0 atom stereocenters. The lowest BCUT2D eigenvalue weighted by Gasteiger charge is -2.51. The molecule has 13 heteroatoms. The number of alkyl halides is 11. The van der Waals surface area contributed by atoms with Gasteiger partial charge in [0.15, 0.2) is 0 Å². The fourth-order valence-electron chi connectivity index (χ4n) is 2.91. The van der Waals surface area contributed by atoms with Crippen molar-refractivity contribution in [3.63, 3.8) is 0 Å². The maximum atomic E-state index is 14.7. The Morgan fingerprint density at radius 1 is 0.793 bits per heavy atom. The first-order valence-electron chi connectivity index (χ1n) is 7.84. The van der Waals surface area contributed by atoms with E-state index in [0.717, 1.165) is 0 Å². The Hall–Kier alpha value is -2.08. The number of aryl methyl sites for hydroxylation is 2. The summed E-state index contributed by atoms with van der Waals surface area (Å²) < 4.78 is 151. The van der Waals surface area contributed by atoms with Crippen molar-refractivity contribution < 1.29 is 53.1 Å². The molecule has 1 aromatic rings. The highest BCUT2D eigenvalue weighted by molar-refractivity contribution is 6.00. The van der Waals surface area contributed by atoms with Crippen molar-refractivity contribution in [3.8, 4) is 0 Å². The van der Waals surface area contributed by atoms with Gasteiger partial charge in [-0.3, -0.25) is 4.79 Å². The molecule has 0 saturated heterocycles. The number of hydrogen-bond acceptors (Lipinski definition) is 1. The summed E-state index contributed by atoms with van der Waals surface area (Å²) in [4.78, 5) is 12.0. The molecule has 29 heavy (non-hydrogen) atoms. The molecule has 1 N–H and O–H groups in total. The maximum absolute atomic E-state index is 14.7. The lowest BCUT2D eigenvalue weighted by molar-refractivity contribution is -0.475. The highest BCUT2D eigenvalue weighted by Gasteiger charge is 3.02. The van der Waals surface area contributed by atoms with E-state index >= 15 is 0 Å². The molecule has 1 amide bonds. The molecule has 1 aliphatic carbocycles. The Labute approximate surface area is 156 Å². The van der Waals surface area contributed by atoms with Gasteiger partial charge < -0.3 is 5.32 Å². The lowest BCUT2D eigenvalue weighted by atomic mass is 9.71. The number of amides is 1. The number of halogens is 11. The predicted molar refractivity (Wildman–Crippen MR) is 77.8 cm³/mol. The van der Waals surface area contributed by atoms with E-state index in [1.807, 2.05) is 0 Å². The van der Waals surface area contributed by atoms with Crippen molar-refractivity contribution in [2.75, 3.05) is 5.32 Å². The molecule has 164 valence electrons. The number of benzene rings is 1. The number of para-hydroxylation sites is 1. The van der Waals surface area contributed by atoms with Crippen LogP contribution >= 0.6 is 0 Å². The smallest absolute Gasteiger partial charge is 0.322 e. The van der Waals surface area contributed by atoms with Crippen molar-refractivity contribution >= 4 is 11.6 Å². The predicted octanol–water partition coefficient (Wildman–Crippen LogP) is 5.39. The van der Waals surface area contributed by atoms with Crippen molar-refractivity contribution in [3.05, 3.63) is 29.3 Å². The molecule has 1 fully saturated rings. The van der Waals surface area contributed by atoms with E-state index in [2.05, 4.69) is 0 Å². The summed E-state index contributed by atoms with van der Waals surface area (Å²) in [5.74, 6) is -39.7. The van der Waals surface area contributed by atoms with E-state index in [4.69, 9.17) is 0 Å². The molecule has 0 aliphatic heterocycles. The molecule has 0 unspecified atom stereocenters. The van der Waals surface area contributed by atoms with Crippen LogP contribution in [0, 0.1) is 6.92 Å². The van der Waals surface area contributed by atoms with E-state index in [9.17, 15) is 53.1 Å². The normalized spacial score (nSPS) is 25.3. The van der Waals surface area contributed by atoms with E-state index in [1.54, 1.807) is 0 Å². The highest BCUT2D eigenvalue weighted by Crippen LogP contribution is 2.69. The SMILES string of the molecule is CCc1cccc(C)c1NC(=O)C1(F)C(F)(F)C(F)(F)C(F)(F)C(F)(F)C1(F)F. The number of nitrogens with one attached hydrogen (secondary N) is 1. The molecular formula is C16H12F11NO. The van der Waals surface area contributed by atoms with Crippen LogP contribution in [0.25, 0.3) is 0 Å². The van der Waals surface area contributed by atoms with Gasteiger partial charge in [0.25, 0.3) is 5.91 Å². The summed E-state index contributed by atoms with van der Waals surface area (Å²) in [7, 11) is 0. The molecule has 0 bridgehead atoms. The summed E-state index contributed by atoms with van der Waals surface area (Å²) in [6.07, 6.45) is -0.00620. The van der Waals surface area contributed by atoms with Crippen LogP contribution in [0.2, 0.25) is 0 Å².